The van der Waals surface area contributed by atoms with Crippen molar-refractivity contribution in [3.8, 4) is 17.4 Å². The minimum Gasteiger partial charge on any atom is -0.468 e. The van der Waals surface area contributed by atoms with Gasteiger partial charge in [0.2, 0.25) is 17.0 Å². The van der Waals surface area contributed by atoms with Crippen molar-refractivity contribution < 1.29 is 13.7 Å². The summed E-state index contributed by atoms with van der Waals surface area (Å²) in [6, 6.07) is 14.4. The molecule has 0 amide bonds. The van der Waals surface area contributed by atoms with Gasteiger partial charge in [-0.25, -0.2) is 0 Å². The van der Waals surface area contributed by atoms with Gasteiger partial charge in [-0.3, -0.25) is 0 Å². The number of benzene rings is 1. The predicted octanol–water partition coefficient (Wildman–Crippen LogP) is 3.24. The number of pyridine rings is 1. The lowest BCUT2D eigenvalue weighted by atomic mass is 10.1. The number of methoxy groups -OCH3 is 1. The van der Waals surface area contributed by atoms with E-state index in [4.69, 9.17) is 9.15 Å². The molecular weight excluding hydrogens is 238 g/mol. The summed E-state index contributed by atoms with van der Waals surface area (Å²) in [5.41, 5.74) is 3.29. The van der Waals surface area contributed by atoms with Crippen molar-refractivity contribution in [1.29, 1.82) is 0 Å². The third-order valence-corrected chi connectivity index (χ3v) is 3.41. The van der Waals surface area contributed by atoms with Gasteiger partial charge in [0.05, 0.1) is 7.11 Å². The average Bonchev–Trinajstić information content (AvgIpc) is 2.81. The molecular formula is C16H16NO2+. The lowest BCUT2D eigenvalue weighted by Gasteiger charge is -2.02. The van der Waals surface area contributed by atoms with E-state index in [2.05, 4.69) is 28.8 Å². The van der Waals surface area contributed by atoms with Crippen molar-refractivity contribution in [2.45, 2.75) is 6.92 Å². The van der Waals surface area contributed by atoms with Gasteiger partial charge in [0, 0.05) is 29.1 Å². The monoisotopic (exact) mass is 254 g/mol. The van der Waals surface area contributed by atoms with Crippen LogP contribution in [0.15, 0.2) is 46.9 Å². The molecule has 0 fully saturated rings. The van der Waals surface area contributed by atoms with Crippen molar-refractivity contribution in [3.05, 3.63) is 48.0 Å². The molecule has 3 aromatic rings. The normalized spacial score (nSPS) is 10.9. The molecule has 3 nitrogen and oxygen atoms in total. The maximum atomic E-state index is 5.74. The lowest BCUT2D eigenvalue weighted by molar-refractivity contribution is -0.634. The SMILES string of the molecule is COc1cc(C)c(-c2ccc3ccccc3[n+]2C)o1. The molecule has 2 heterocycles. The number of hydrogen-bond donors (Lipinski definition) is 0. The molecule has 0 N–H and O–H groups in total. The third kappa shape index (κ3) is 1.87. The van der Waals surface area contributed by atoms with E-state index in [1.54, 1.807) is 7.11 Å². The zero-order chi connectivity index (χ0) is 13.4. The van der Waals surface area contributed by atoms with Gasteiger partial charge in [0.25, 0.3) is 5.95 Å². The second kappa shape index (κ2) is 4.43. The Morgan fingerprint density at radius 2 is 1.89 bits per heavy atom. The second-order valence-electron chi connectivity index (χ2n) is 4.62. The number of nitrogens with zero attached hydrogens (tertiary/aromatic N) is 1. The summed E-state index contributed by atoms with van der Waals surface area (Å²) in [7, 11) is 3.66. The van der Waals surface area contributed by atoms with E-state index >= 15 is 0 Å². The van der Waals surface area contributed by atoms with E-state index < -0.39 is 0 Å². The smallest absolute Gasteiger partial charge is 0.285 e. The lowest BCUT2D eigenvalue weighted by Crippen LogP contribution is -2.31. The van der Waals surface area contributed by atoms with E-state index in [9.17, 15) is 0 Å². The van der Waals surface area contributed by atoms with Crippen molar-refractivity contribution in [1.82, 2.24) is 0 Å². The molecule has 0 aliphatic rings. The molecule has 2 aromatic heterocycles. The Balaban J connectivity index is 2.25. The maximum absolute atomic E-state index is 5.74. The molecule has 0 radical (unpaired) electrons. The molecule has 3 rings (SSSR count). The summed E-state index contributed by atoms with van der Waals surface area (Å²) >= 11 is 0. The highest BCUT2D eigenvalue weighted by Crippen LogP contribution is 2.29. The maximum Gasteiger partial charge on any atom is 0.285 e. The minimum atomic E-state index is 0.542. The predicted molar refractivity (Wildman–Crippen MR) is 74.1 cm³/mol. The number of furan rings is 1. The van der Waals surface area contributed by atoms with Gasteiger partial charge in [-0.1, -0.05) is 12.1 Å². The van der Waals surface area contributed by atoms with Crippen LogP contribution in [0.25, 0.3) is 22.4 Å². The molecule has 3 heteroatoms. The average molecular weight is 254 g/mol. The molecule has 0 bridgehead atoms. The van der Waals surface area contributed by atoms with Crippen molar-refractivity contribution in [2.24, 2.45) is 7.05 Å². The van der Waals surface area contributed by atoms with Crippen LogP contribution >= 0.6 is 0 Å². The number of aryl methyl sites for hydroxylation is 2. The van der Waals surface area contributed by atoms with Crippen molar-refractivity contribution >= 4 is 10.9 Å². The van der Waals surface area contributed by atoms with Crippen LogP contribution in [-0.4, -0.2) is 7.11 Å². The molecule has 0 atom stereocenters. The molecule has 0 unspecified atom stereocenters. The van der Waals surface area contributed by atoms with E-state index in [-0.39, 0.29) is 0 Å². The summed E-state index contributed by atoms with van der Waals surface area (Å²) in [5, 5.41) is 1.21. The van der Waals surface area contributed by atoms with Gasteiger partial charge in [-0.05, 0) is 19.1 Å². The Labute approximate surface area is 112 Å². The Morgan fingerprint density at radius 1 is 1.11 bits per heavy atom. The van der Waals surface area contributed by atoms with Gasteiger partial charge in [-0.2, -0.15) is 4.57 Å². The fourth-order valence-electron chi connectivity index (χ4n) is 2.38. The van der Waals surface area contributed by atoms with Crippen LogP contribution in [0.5, 0.6) is 5.95 Å². The fourth-order valence-corrected chi connectivity index (χ4v) is 2.38. The van der Waals surface area contributed by atoms with Crippen LogP contribution in [0.2, 0.25) is 0 Å². The summed E-state index contributed by atoms with van der Waals surface area (Å²) in [6.07, 6.45) is 0. The number of hydrogen-bond acceptors (Lipinski definition) is 2. The van der Waals surface area contributed by atoms with E-state index in [1.807, 2.05) is 32.2 Å². The van der Waals surface area contributed by atoms with Gasteiger partial charge in [0.15, 0.2) is 0 Å². The zero-order valence-corrected chi connectivity index (χ0v) is 11.3. The van der Waals surface area contributed by atoms with Gasteiger partial charge in [-0.15, -0.1) is 0 Å². The number of para-hydroxylation sites is 1. The quantitative estimate of drug-likeness (QED) is 0.656. The molecule has 0 aliphatic heterocycles. The number of ether oxygens (including phenoxy) is 1. The topological polar surface area (TPSA) is 26.2 Å². The van der Waals surface area contributed by atoms with Gasteiger partial charge in [0.1, 0.15) is 7.05 Å². The van der Waals surface area contributed by atoms with Crippen LogP contribution in [0, 0.1) is 6.92 Å². The van der Waals surface area contributed by atoms with Crippen LogP contribution in [-0.2, 0) is 7.05 Å². The van der Waals surface area contributed by atoms with Crippen LogP contribution in [0.3, 0.4) is 0 Å². The van der Waals surface area contributed by atoms with E-state index in [0.29, 0.717) is 5.95 Å². The standard InChI is InChI=1S/C16H16NO2/c1-11-10-15(18-3)19-16(11)14-9-8-12-6-4-5-7-13(12)17(14)2/h4-10H,1-3H3/q+1. The molecule has 0 spiro atoms. The highest BCUT2D eigenvalue weighted by Gasteiger charge is 2.20. The molecule has 0 aliphatic carbocycles. The van der Waals surface area contributed by atoms with Crippen molar-refractivity contribution in [2.75, 3.05) is 7.11 Å². The largest absolute Gasteiger partial charge is 0.468 e. The Bertz CT molecular complexity index is 744. The van der Waals surface area contributed by atoms with E-state index in [0.717, 1.165) is 17.0 Å². The molecule has 19 heavy (non-hydrogen) atoms. The van der Waals surface area contributed by atoms with Gasteiger partial charge < -0.3 is 9.15 Å². The van der Waals surface area contributed by atoms with Gasteiger partial charge >= 0.3 is 0 Å². The third-order valence-electron chi connectivity index (χ3n) is 3.41. The first kappa shape index (κ1) is 11.8. The van der Waals surface area contributed by atoms with Crippen molar-refractivity contribution in [3.63, 3.8) is 0 Å². The van der Waals surface area contributed by atoms with Crippen LogP contribution < -0.4 is 9.30 Å². The Kier molecular flexibility index (Phi) is 2.75. The van der Waals surface area contributed by atoms with Crippen LogP contribution in [0.4, 0.5) is 0 Å². The summed E-state index contributed by atoms with van der Waals surface area (Å²) < 4.78 is 13.0. The minimum absolute atomic E-state index is 0.542. The second-order valence-corrected chi connectivity index (χ2v) is 4.62. The number of fused-ring (bicyclic) bond motifs is 1. The number of rotatable bonds is 2. The Hall–Kier alpha value is -2.29. The van der Waals surface area contributed by atoms with E-state index in [1.165, 1.54) is 10.9 Å². The molecule has 96 valence electrons. The summed E-state index contributed by atoms with van der Waals surface area (Å²) in [5.74, 6) is 1.39. The summed E-state index contributed by atoms with van der Waals surface area (Å²) in [6.45, 7) is 2.02. The molecule has 1 aromatic carbocycles. The molecule has 0 saturated carbocycles. The first-order valence-corrected chi connectivity index (χ1v) is 6.23. The highest BCUT2D eigenvalue weighted by molar-refractivity contribution is 5.77. The molecule has 0 saturated heterocycles. The first-order valence-electron chi connectivity index (χ1n) is 6.23. The Morgan fingerprint density at radius 3 is 2.63 bits per heavy atom. The zero-order valence-electron chi connectivity index (χ0n) is 11.3. The fraction of sp³-hybridized carbons (Fsp3) is 0.188. The first-order chi connectivity index (χ1) is 9.20. The summed E-state index contributed by atoms with van der Waals surface area (Å²) in [4.78, 5) is 0. The number of aromatic nitrogens is 1. The highest BCUT2D eigenvalue weighted by atomic mass is 16.6. The van der Waals surface area contributed by atoms with Crippen LogP contribution in [0.1, 0.15) is 5.56 Å².